The van der Waals surface area contributed by atoms with Gasteiger partial charge in [0, 0.05) is 29.9 Å². The van der Waals surface area contributed by atoms with Crippen LogP contribution in [0.1, 0.15) is 15.9 Å². The number of nitrogens with zero attached hydrogens (tertiary/aromatic N) is 2. The molecule has 6 nitrogen and oxygen atoms in total. The molecule has 1 heterocycles. The monoisotopic (exact) mass is 430 g/mol. The second-order valence-corrected chi connectivity index (χ2v) is 6.65. The van der Waals surface area contributed by atoms with Gasteiger partial charge in [0.2, 0.25) is 0 Å². The number of alkyl halides is 3. The number of ether oxygens (including phenoxy) is 1. The summed E-state index contributed by atoms with van der Waals surface area (Å²) in [4.78, 5) is 25.0. The van der Waals surface area contributed by atoms with Crippen molar-refractivity contribution in [3.63, 3.8) is 0 Å². The van der Waals surface area contributed by atoms with E-state index < -0.39 is 12.3 Å². The maximum absolute atomic E-state index is 12.7. The van der Waals surface area contributed by atoms with Gasteiger partial charge in [-0.1, -0.05) is 17.9 Å². The van der Waals surface area contributed by atoms with Crippen molar-refractivity contribution in [3.05, 3.63) is 65.9 Å². The van der Waals surface area contributed by atoms with E-state index in [0.29, 0.717) is 16.6 Å². The van der Waals surface area contributed by atoms with Crippen LogP contribution in [0.3, 0.4) is 0 Å². The highest BCUT2D eigenvalue weighted by Crippen LogP contribution is 2.22. The molecule has 0 aliphatic carbocycles. The number of carbonyl (C=O) groups is 2. The number of aromatic nitrogens is 1. The Morgan fingerprint density at radius 1 is 1.13 bits per heavy atom. The molecule has 0 aliphatic rings. The first-order valence-electron chi connectivity index (χ1n) is 9.03. The van der Waals surface area contributed by atoms with Gasteiger partial charge >= 0.3 is 12.3 Å². The largest absolute Gasteiger partial charge is 0.573 e. The number of carboxylic acids is 1. The van der Waals surface area contributed by atoms with Crippen LogP contribution in [0.25, 0.3) is 10.9 Å². The number of carbonyl (C=O) groups excluding carboxylic acids is 1. The summed E-state index contributed by atoms with van der Waals surface area (Å²) in [5, 5.41) is 9.82. The zero-order chi connectivity index (χ0) is 22.6. The van der Waals surface area contributed by atoms with E-state index in [1.165, 1.54) is 17.0 Å². The number of benzene rings is 2. The van der Waals surface area contributed by atoms with E-state index in [2.05, 4.69) is 16.6 Å². The molecular weight excluding hydrogens is 413 g/mol. The molecular formula is C22H17F3N2O4. The Morgan fingerprint density at radius 2 is 1.84 bits per heavy atom. The van der Waals surface area contributed by atoms with Gasteiger partial charge in [0.25, 0.3) is 5.91 Å². The number of hydrogen-bond donors (Lipinski definition) is 1. The van der Waals surface area contributed by atoms with Crippen LogP contribution >= 0.6 is 0 Å². The lowest BCUT2D eigenvalue weighted by Gasteiger charge is -2.14. The Hall–Kier alpha value is -3.93. The van der Waals surface area contributed by atoms with Gasteiger partial charge in [0.05, 0.1) is 6.54 Å². The molecule has 2 aromatic carbocycles. The average molecular weight is 430 g/mol. The SMILES string of the molecule is CN(CC#Cc1ccc(OC(F)(F)F)cc1)C(=O)c1ccc2ccn(CC(=O)O)c2c1. The highest BCUT2D eigenvalue weighted by molar-refractivity contribution is 5.98. The number of halogens is 3. The van der Waals surface area contributed by atoms with Crippen molar-refractivity contribution in [3.8, 4) is 17.6 Å². The molecule has 1 aromatic heterocycles. The minimum Gasteiger partial charge on any atom is -0.480 e. The second kappa shape index (κ2) is 8.83. The molecule has 3 aromatic rings. The van der Waals surface area contributed by atoms with Gasteiger partial charge in [-0.3, -0.25) is 9.59 Å². The summed E-state index contributed by atoms with van der Waals surface area (Å²) < 4.78 is 41.9. The first-order chi connectivity index (χ1) is 14.6. The minimum absolute atomic E-state index is 0.0911. The molecule has 0 bridgehead atoms. The summed E-state index contributed by atoms with van der Waals surface area (Å²) in [5.74, 6) is 3.95. The third-order valence-electron chi connectivity index (χ3n) is 4.31. The van der Waals surface area contributed by atoms with Gasteiger partial charge in [-0.15, -0.1) is 13.2 Å². The summed E-state index contributed by atoms with van der Waals surface area (Å²) in [7, 11) is 1.57. The molecule has 0 spiro atoms. The van der Waals surface area contributed by atoms with Crippen LogP contribution < -0.4 is 4.74 Å². The van der Waals surface area contributed by atoms with Crippen LogP contribution in [-0.4, -0.2) is 46.4 Å². The first-order valence-corrected chi connectivity index (χ1v) is 9.03. The number of amides is 1. The quantitative estimate of drug-likeness (QED) is 0.626. The van der Waals surface area contributed by atoms with Crippen molar-refractivity contribution in [1.29, 1.82) is 0 Å². The Bertz CT molecular complexity index is 1170. The summed E-state index contributed by atoms with van der Waals surface area (Å²) in [5.41, 5.74) is 1.49. The molecule has 0 atom stereocenters. The molecule has 0 saturated carbocycles. The summed E-state index contributed by atoms with van der Waals surface area (Å²) in [6, 6.07) is 11.9. The molecule has 0 aliphatic heterocycles. The Labute approximate surface area is 175 Å². The van der Waals surface area contributed by atoms with Crippen molar-refractivity contribution >= 4 is 22.8 Å². The minimum atomic E-state index is -4.76. The Kier molecular flexibility index (Phi) is 6.20. The normalized spacial score (nSPS) is 11.0. The van der Waals surface area contributed by atoms with E-state index in [9.17, 15) is 22.8 Å². The van der Waals surface area contributed by atoms with Crippen molar-refractivity contribution in [2.45, 2.75) is 12.9 Å². The number of rotatable bonds is 5. The number of carboxylic acid groups (broad SMARTS) is 1. The summed E-state index contributed by atoms with van der Waals surface area (Å²) in [6.07, 6.45) is -3.11. The molecule has 0 unspecified atom stereocenters. The molecule has 1 amide bonds. The number of fused-ring (bicyclic) bond motifs is 1. The van der Waals surface area contributed by atoms with E-state index >= 15 is 0 Å². The van der Waals surface area contributed by atoms with Crippen molar-refractivity contribution in [2.75, 3.05) is 13.6 Å². The third kappa shape index (κ3) is 5.79. The second-order valence-electron chi connectivity index (χ2n) is 6.65. The molecule has 31 heavy (non-hydrogen) atoms. The fraction of sp³-hybridized carbons (Fsp3) is 0.182. The lowest BCUT2D eigenvalue weighted by molar-refractivity contribution is -0.274. The fourth-order valence-electron chi connectivity index (χ4n) is 2.89. The zero-order valence-corrected chi connectivity index (χ0v) is 16.3. The van der Waals surface area contributed by atoms with E-state index in [1.54, 1.807) is 42.1 Å². The van der Waals surface area contributed by atoms with Crippen LogP contribution in [0, 0.1) is 11.8 Å². The van der Waals surface area contributed by atoms with Crippen LogP contribution in [0.4, 0.5) is 13.2 Å². The van der Waals surface area contributed by atoms with Crippen LogP contribution in [0.5, 0.6) is 5.75 Å². The van der Waals surface area contributed by atoms with Gasteiger partial charge in [-0.2, -0.15) is 0 Å². The van der Waals surface area contributed by atoms with Gasteiger partial charge in [-0.25, -0.2) is 0 Å². The first kappa shape index (κ1) is 21.8. The smallest absolute Gasteiger partial charge is 0.480 e. The Balaban J connectivity index is 1.67. The van der Waals surface area contributed by atoms with E-state index in [4.69, 9.17) is 5.11 Å². The zero-order valence-electron chi connectivity index (χ0n) is 16.3. The maximum atomic E-state index is 12.7. The highest BCUT2D eigenvalue weighted by Gasteiger charge is 2.30. The summed E-state index contributed by atoms with van der Waals surface area (Å²) >= 11 is 0. The number of hydrogen-bond acceptors (Lipinski definition) is 3. The van der Waals surface area contributed by atoms with Gasteiger partial charge < -0.3 is 19.3 Å². The number of aliphatic carboxylic acids is 1. The average Bonchev–Trinajstić information content (AvgIpc) is 3.09. The third-order valence-corrected chi connectivity index (χ3v) is 4.31. The fourth-order valence-corrected chi connectivity index (χ4v) is 2.89. The standard InChI is InChI=1S/C22H17F3N2O4/c1-26(11-2-3-15-4-8-18(9-5-15)31-22(23,24)25)21(30)17-7-6-16-10-12-27(14-20(28)29)19(16)13-17/h4-10,12-13H,11,14H2,1H3,(H,28,29). The van der Waals surface area contributed by atoms with Gasteiger partial charge in [-0.05, 0) is 47.9 Å². The predicted molar refractivity (Wildman–Crippen MR) is 107 cm³/mol. The maximum Gasteiger partial charge on any atom is 0.573 e. The molecule has 0 saturated heterocycles. The van der Waals surface area contributed by atoms with Crippen molar-refractivity contribution in [2.24, 2.45) is 0 Å². The summed E-state index contributed by atoms with van der Waals surface area (Å²) in [6.45, 7) is -0.122. The predicted octanol–water partition coefficient (Wildman–Crippen LogP) is 3.75. The Morgan fingerprint density at radius 3 is 2.48 bits per heavy atom. The molecule has 0 fully saturated rings. The van der Waals surface area contributed by atoms with Gasteiger partial charge in [0.1, 0.15) is 12.3 Å². The molecule has 3 rings (SSSR count). The van der Waals surface area contributed by atoms with Crippen molar-refractivity contribution < 1.29 is 32.6 Å². The van der Waals surface area contributed by atoms with E-state index in [1.807, 2.05) is 0 Å². The van der Waals surface area contributed by atoms with E-state index in [0.717, 1.165) is 17.5 Å². The topological polar surface area (TPSA) is 71.8 Å². The molecule has 1 N–H and O–H groups in total. The van der Waals surface area contributed by atoms with Crippen LogP contribution in [0.15, 0.2) is 54.7 Å². The van der Waals surface area contributed by atoms with E-state index in [-0.39, 0.29) is 24.7 Å². The molecule has 0 radical (unpaired) electrons. The van der Waals surface area contributed by atoms with Gasteiger partial charge in [0.15, 0.2) is 0 Å². The molecule has 9 heteroatoms. The highest BCUT2D eigenvalue weighted by atomic mass is 19.4. The lowest BCUT2D eigenvalue weighted by Crippen LogP contribution is -2.27. The lowest BCUT2D eigenvalue weighted by atomic mass is 10.1. The van der Waals surface area contributed by atoms with Crippen LogP contribution in [0.2, 0.25) is 0 Å². The molecule has 160 valence electrons. The van der Waals surface area contributed by atoms with Crippen molar-refractivity contribution in [1.82, 2.24) is 9.47 Å². The van der Waals surface area contributed by atoms with Crippen LogP contribution in [-0.2, 0) is 11.3 Å².